The third-order valence-corrected chi connectivity index (χ3v) is 4.90. The lowest BCUT2D eigenvalue weighted by Gasteiger charge is -2.40. The number of nitrogens with two attached hydrogens (primary N) is 1. The molecule has 1 saturated heterocycles. The van der Waals surface area contributed by atoms with Gasteiger partial charge in [0.15, 0.2) is 0 Å². The molecule has 2 rings (SSSR count). The third-order valence-electron chi connectivity index (χ3n) is 4.90. The SMILES string of the molecule is CCC1(CC)CC(NC(=NC2CCCC2)NN)CCO1. The molecular weight excluding hydrogens is 252 g/mol. The minimum absolute atomic E-state index is 0.0307. The fourth-order valence-electron chi connectivity index (χ4n) is 3.42. The lowest BCUT2D eigenvalue weighted by Crippen LogP contribution is -2.52. The highest BCUT2D eigenvalue weighted by Crippen LogP contribution is 2.31. The van der Waals surface area contributed by atoms with Gasteiger partial charge in [-0.05, 0) is 38.5 Å². The van der Waals surface area contributed by atoms with Crippen LogP contribution >= 0.6 is 0 Å². The average Bonchev–Trinajstić information content (AvgIpc) is 2.99. The van der Waals surface area contributed by atoms with Crippen molar-refractivity contribution in [2.24, 2.45) is 10.8 Å². The van der Waals surface area contributed by atoms with E-state index in [4.69, 9.17) is 15.6 Å². The summed E-state index contributed by atoms with van der Waals surface area (Å²) in [6, 6.07) is 0.843. The van der Waals surface area contributed by atoms with E-state index < -0.39 is 0 Å². The van der Waals surface area contributed by atoms with E-state index in [2.05, 4.69) is 24.6 Å². The largest absolute Gasteiger partial charge is 0.375 e. The van der Waals surface area contributed by atoms with Crippen LogP contribution in [0.5, 0.6) is 0 Å². The average molecular weight is 282 g/mol. The Balaban J connectivity index is 1.93. The number of guanidine groups is 1. The first-order valence-electron chi connectivity index (χ1n) is 8.16. The molecule has 0 amide bonds. The van der Waals surface area contributed by atoms with Gasteiger partial charge in [-0.1, -0.05) is 26.7 Å². The second-order valence-corrected chi connectivity index (χ2v) is 6.13. The number of nitrogens with zero attached hydrogens (tertiary/aromatic N) is 1. The van der Waals surface area contributed by atoms with E-state index in [1.165, 1.54) is 25.7 Å². The van der Waals surface area contributed by atoms with Crippen LogP contribution in [0.15, 0.2) is 4.99 Å². The maximum atomic E-state index is 6.01. The highest BCUT2D eigenvalue weighted by Gasteiger charge is 2.34. The lowest BCUT2D eigenvalue weighted by molar-refractivity contribution is -0.0910. The van der Waals surface area contributed by atoms with Crippen molar-refractivity contribution >= 4 is 5.96 Å². The Morgan fingerprint density at radius 1 is 1.25 bits per heavy atom. The van der Waals surface area contributed by atoms with E-state index in [1.807, 2.05) is 0 Å². The zero-order chi connectivity index (χ0) is 14.4. The van der Waals surface area contributed by atoms with E-state index in [-0.39, 0.29) is 5.60 Å². The molecule has 1 aliphatic heterocycles. The summed E-state index contributed by atoms with van der Waals surface area (Å²) in [4.78, 5) is 4.72. The van der Waals surface area contributed by atoms with Gasteiger partial charge in [-0.15, -0.1) is 0 Å². The molecule has 0 radical (unpaired) electrons. The van der Waals surface area contributed by atoms with Crippen LogP contribution < -0.4 is 16.6 Å². The van der Waals surface area contributed by atoms with Crippen LogP contribution in [0.2, 0.25) is 0 Å². The van der Waals surface area contributed by atoms with Gasteiger partial charge in [-0.3, -0.25) is 5.43 Å². The molecule has 1 heterocycles. The van der Waals surface area contributed by atoms with Crippen molar-refractivity contribution in [3.63, 3.8) is 0 Å². The fourth-order valence-corrected chi connectivity index (χ4v) is 3.42. The molecule has 0 spiro atoms. The lowest BCUT2D eigenvalue weighted by atomic mass is 9.86. The molecule has 1 unspecified atom stereocenters. The van der Waals surface area contributed by atoms with Gasteiger partial charge < -0.3 is 10.1 Å². The molecule has 116 valence electrons. The van der Waals surface area contributed by atoms with Gasteiger partial charge in [-0.25, -0.2) is 10.8 Å². The number of nitrogens with one attached hydrogen (secondary N) is 2. The van der Waals surface area contributed by atoms with Gasteiger partial charge in [-0.2, -0.15) is 0 Å². The van der Waals surface area contributed by atoms with Gasteiger partial charge in [0.2, 0.25) is 5.96 Å². The van der Waals surface area contributed by atoms with Crippen LogP contribution in [0.25, 0.3) is 0 Å². The second kappa shape index (κ2) is 7.27. The summed E-state index contributed by atoms with van der Waals surface area (Å²) in [7, 11) is 0. The van der Waals surface area contributed by atoms with Crippen molar-refractivity contribution < 1.29 is 4.74 Å². The van der Waals surface area contributed by atoms with Crippen molar-refractivity contribution in [2.75, 3.05) is 6.61 Å². The molecule has 0 aromatic carbocycles. The molecule has 0 aromatic heterocycles. The van der Waals surface area contributed by atoms with E-state index in [1.54, 1.807) is 0 Å². The molecule has 0 bridgehead atoms. The van der Waals surface area contributed by atoms with Crippen molar-refractivity contribution in [3.05, 3.63) is 0 Å². The van der Waals surface area contributed by atoms with Crippen molar-refractivity contribution in [1.29, 1.82) is 0 Å². The number of hydrogen-bond acceptors (Lipinski definition) is 3. The van der Waals surface area contributed by atoms with Gasteiger partial charge in [0.05, 0.1) is 11.6 Å². The molecule has 2 aliphatic rings. The first-order valence-corrected chi connectivity index (χ1v) is 8.16. The van der Waals surface area contributed by atoms with Crippen LogP contribution in [0, 0.1) is 0 Å². The molecular formula is C15H30N4O. The Bertz CT molecular complexity index is 322. The molecule has 4 N–H and O–H groups in total. The Hall–Kier alpha value is -0.810. The van der Waals surface area contributed by atoms with Crippen molar-refractivity contribution in [1.82, 2.24) is 10.7 Å². The molecule has 2 fully saturated rings. The van der Waals surface area contributed by atoms with Gasteiger partial charge in [0, 0.05) is 12.6 Å². The summed E-state index contributed by atoms with van der Waals surface area (Å²) in [5.41, 5.74) is 2.77. The summed E-state index contributed by atoms with van der Waals surface area (Å²) < 4.78 is 6.01. The van der Waals surface area contributed by atoms with Gasteiger partial charge in [0.1, 0.15) is 0 Å². The Labute approximate surface area is 122 Å². The molecule has 1 saturated carbocycles. The number of aliphatic imine (C=N–C) groups is 1. The maximum Gasteiger partial charge on any atom is 0.206 e. The summed E-state index contributed by atoms with van der Waals surface area (Å²) in [6.07, 6.45) is 9.14. The summed E-state index contributed by atoms with van der Waals surface area (Å²) in [5, 5.41) is 3.49. The monoisotopic (exact) mass is 282 g/mol. The van der Waals surface area contributed by atoms with Crippen molar-refractivity contribution in [3.8, 4) is 0 Å². The fraction of sp³-hybridized carbons (Fsp3) is 0.933. The van der Waals surface area contributed by atoms with E-state index in [0.717, 1.165) is 38.2 Å². The topological polar surface area (TPSA) is 71.7 Å². The zero-order valence-electron chi connectivity index (χ0n) is 13.0. The van der Waals surface area contributed by atoms with Crippen LogP contribution in [0.1, 0.15) is 65.2 Å². The molecule has 5 nitrogen and oxygen atoms in total. The number of hydrazine groups is 1. The Morgan fingerprint density at radius 3 is 2.55 bits per heavy atom. The van der Waals surface area contributed by atoms with Crippen molar-refractivity contribution in [2.45, 2.75) is 82.9 Å². The van der Waals surface area contributed by atoms with Crippen LogP contribution in [-0.4, -0.2) is 30.3 Å². The molecule has 1 atom stereocenters. The molecule has 1 aliphatic carbocycles. The number of rotatable bonds is 4. The van der Waals surface area contributed by atoms with E-state index in [0.29, 0.717) is 12.1 Å². The molecule has 5 heteroatoms. The van der Waals surface area contributed by atoms with Gasteiger partial charge in [0.25, 0.3) is 0 Å². The van der Waals surface area contributed by atoms with Crippen LogP contribution in [0.4, 0.5) is 0 Å². The number of ether oxygens (including phenoxy) is 1. The third kappa shape index (κ3) is 3.85. The minimum Gasteiger partial charge on any atom is -0.375 e. The molecule has 20 heavy (non-hydrogen) atoms. The maximum absolute atomic E-state index is 6.01. The first-order chi connectivity index (χ1) is 9.71. The normalized spacial score (nSPS) is 27.6. The first kappa shape index (κ1) is 15.6. The Kier molecular flexibility index (Phi) is 5.66. The predicted molar refractivity (Wildman–Crippen MR) is 82.4 cm³/mol. The van der Waals surface area contributed by atoms with Crippen LogP contribution in [-0.2, 0) is 4.74 Å². The van der Waals surface area contributed by atoms with E-state index in [9.17, 15) is 0 Å². The van der Waals surface area contributed by atoms with Gasteiger partial charge >= 0.3 is 0 Å². The highest BCUT2D eigenvalue weighted by atomic mass is 16.5. The summed E-state index contributed by atoms with van der Waals surface area (Å²) >= 11 is 0. The standard InChI is InChI=1S/C15H30N4O/c1-3-15(4-2)11-13(9-10-20-15)18-14(19-16)17-12-7-5-6-8-12/h12-13H,3-11,16H2,1-2H3,(H2,17,18,19). The summed E-state index contributed by atoms with van der Waals surface area (Å²) in [6.45, 7) is 5.24. The highest BCUT2D eigenvalue weighted by molar-refractivity contribution is 5.79. The second-order valence-electron chi connectivity index (χ2n) is 6.13. The Morgan fingerprint density at radius 2 is 1.95 bits per heavy atom. The van der Waals surface area contributed by atoms with Crippen LogP contribution in [0.3, 0.4) is 0 Å². The minimum atomic E-state index is 0.0307. The molecule has 0 aromatic rings. The summed E-state index contributed by atoms with van der Waals surface area (Å²) in [5.74, 6) is 6.38. The smallest absolute Gasteiger partial charge is 0.206 e. The number of hydrogen-bond donors (Lipinski definition) is 3. The predicted octanol–water partition coefficient (Wildman–Crippen LogP) is 2.08. The zero-order valence-corrected chi connectivity index (χ0v) is 13.0. The van der Waals surface area contributed by atoms with E-state index >= 15 is 0 Å². The quantitative estimate of drug-likeness (QED) is 0.319.